The van der Waals surface area contributed by atoms with Crippen LogP contribution in [0.2, 0.25) is 0 Å². The third kappa shape index (κ3) is 6.07. The van der Waals surface area contributed by atoms with Crippen LogP contribution in [0, 0.1) is 12.3 Å². The van der Waals surface area contributed by atoms with Gasteiger partial charge in [-0.3, -0.25) is 10.4 Å². The smallest absolute Gasteiger partial charge is 0.151 e. The van der Waals surface area contributed by atoms with E-state index in [-0.39, 0.29) is 30.0 Å². The molecule has 14 heavy (non-hydrogen) atoms. The van der Waals surface area contributed by atoms with Crippen LogP contribution in [0.15, 0.2) is 18.3 Å². The lowest BCUT2D eigenvalue weighted by molar-refractivity contribution is 1.16. The second kappa shape index (κ2) is 7.91. The van der Waals surface area contributed by atoms with Gasteiger partial charge in [-0.25, -0.2) is 0 Å². The van der Waals surface area contributed by atoms with Crippen LogP contribution in [-0.4, -0.2) is 10.2 Å². The summed E-state index contributed by atoms with van der Waals surface area (Å²) in [5, 5.41) is 7.15. The van der Waals surface area contributed by atoms with Gasteiger partial charge in [0.2, 0.25) is 0 Å². The monoisotopic (exact) mass is 253 g/mol. The van der Waals surface area contributed by atoms with E-state index in [1.54, 1.807) is 6.20 Å². The van der Waals surface area contributed by atoms with E-state index in [0.717, 1.165) is 5.69 Å². The van der Waals surface area contributed by atoms with Gasteiger partial charge in [0, 0.05) is 11.9 Å². The summed E-state index contributed by atoms with van der Waals surface area (Å²) in [5.41, 5.74) is 7.35. The van der Waals surface area contributed by atoms with Gasteiger partial charge in [-0.15, -0.1) is 24.8 Å². The first-order valence-corrected chi connectivity index (χ1v) is 4.55. The molecule has 0 amide bonds. The minimum absolute atomic E-state index is 0. The first-order valence-electron chi connectivity index (χ1n) is 3.57. The predicted octanol–water partition coefficient (Wildman–Crippen LogP) is 2.36. The number of nitrogens with zero attached hydrogens (tertiary/aromatic N) is 1. The van der Waals surface area contributed by atoms with Crippen LogP contribution < -0.4 is 5.73 Å². The van der Waals surface area contributed by atoms with Crippen molar-refractivity contribution < 1.29 is 0 Å². The molecule has 1 heterocycles. The third-order valence-electron chi connectivity index (χ3n) is 1.35. The van der Waals surface area contributed by atoms with E-state index in [4.69, 9.17) is 11.1 Å². The van der Waals surface area contributed by atoms with Crippen molar-refractivity contribution in [3.8, 4) is 0 Å². The number of hydrogen-bond donors (Lipinski definition) is 2. The summed E-state index contributed by atoms with van der Waals surface area (Å²) in [6.07, 6.45) is 1.77. The number of nitrogens with two attached hydrogens (primary N) is 1. The highest BCUT2D eigenvalue weighted by atomic mass is 35.5. The largest absolute Gasteiger partial charge is 0.379 e. The Labute approximate surface area is 100 Å². The fraction of sp³-hybridized carbons (Fsp3) is 0.250. The molecule has 0 aliphatic rings. The third-order valence-corrected chi connectivity index (χ3v) is 2.10. The van der Waals surface area contributed by atoms with Crippen LogP contribution in [0.1, 0.15) is 11.3 Å². The van der Waals surface area contributed by atoms with Crippen molar-refractivity contribution in [2.75, 3.05) is 0 Å². The highest BCUT2D eigenvalue weighted by molar-refractivity contribution is 8.13. The van der Waals surface area contributed by atoms with Crippen LogP contribution in [0.5, 0.6) is 0 Å². The molecule has 1 aromatic rings. The number of hydrogen-bond acceptors (Lipinski definition) is 3. The molecule has 80 valence electrons. The van der Waals surface area contributed by atoms with Crippen LogP contribution in [0.4, 0.5) is 0 Å². The summed E-state index contributed by atoms with van der Waals surface area (Å²) in [7, 11) is 0. The SMILES string of the molecule is Cc1ccnc(CSC(=N)N)c1.Cl.Cl. The molecule has 1 aromatic heterocycles. The number of nitrogens with one attached hydrogen (secondary N) is 1. The molecule has 0 saturated heterocycles. The molecule has 0 unspecified atom stereocenters. The molecule has 0 saturated carbocycles. The molecule has 3 N–H and O–H groups in total. The Kier molecular flexibility index (Phi) is 9.04. The zero-order chi connectivity index (χ0) is 8.97. The minimum Gasteiger partial charge on any atom is -0.379 e. The molecule has 0 atom stereocenters. The van der Waals surface area contributed by atoms with Crippen molar-refractivity contribution in [3.63, 3.8) is 0 Å². The van der Waals surface area contributed by atoms with E-state index < -0.39 is 0 Å². The summed E-state index contributed by atoms with van der Waals surface area (Å²) in [5.74, 6) is 0.678. The molecule has 0 fully saturated rings. The van der Waals surface area contributed by atoms with Crippen molar-refractivity contribution in [1.29, 1.82) is 5.41 Å². The van der Waals surface area contributed by atoms with Crippen LogP contribution in [-0.2, 0) is 5.75 Å². The first kappa shape index (κ1) is 16.0. The van der Waals surface area contributed by atoms with Gasteiger partial charge in [0.15, 0.2) is 5.17 Å². The van der Waals surface area contributed by atoms with Gasteiger partial charge in [-0.2, -0.15) is 0 Å². The highest BCUT2D eigenvalue weighted by Gasteiger charge is 1.96. The molecule has 0 spiro atoms. The Bertz CT molecular complexity index is 294. The molecule has 0 radical (unpaired) electrons. The fourth-order valence-electron chi connectivity index (χ4n) is 0.829. The van der Waals surface area contributed by atoms with E-state index in [9.17, 15) is 0 Å². The average molecular weight is 254 g/mol. The Morgan fingerprint density at radius 2 is 2.21 bits per heavy atom. The minimum atomic E-state index is 0. The summed E-state index contributed by atoms with van der Waals surface area (Å²) < 4.78 is 0. The fourth-order valence-corrected chi connectivity index (χ4v) is 1.29. The van der Waals surface area contributed by atoms with E-state index in [2.05, 4.69) is 4.98 Å². The molecule has 6 heteroatoms. The number of aromatic nitrogens is 1. The zero-order valence-corrected chi connectivity index (χ0v) is 10.1. The number of pyridine rings is 1. The predicted molar refractivity (Wildman–Crippen MR) is 66.7 cm³/mol. The zero-order valence-electron chi connectivity index (χ0n) is 7.69. The summed E-state index contributed by atoms with van der Waals surface area (Å²) in [6, 6.07) is 3.94. The lowest BCUT2D eigenvalue weighted by Crippen LogP contribution is -2.04. The van der Waals surface area contributed by atoms with Crippen LogP contribution >= 0.6 is 36.6 Å². The standard InChI is InChI=1S/C8H11N3S.2ClH/c1-6-2-3-11-7(4-6)5-12-8(9)10;;/h2-4H,5H2,1H3,(H3,9,10);2*1H. The molecular weight excluding hydrogens is 241 g/mol. The Balaban J connectivity index is 0. The maximum Gasteiger partial charge on any atom is 0.151 e. The highest BCUT2D eigenvalue weighted by Crippen LogP contribution is 2.09. The second-order valence-corrected chi connectivity index (χ2v) is 3.49. The van der Waals surface area contributed by atoms with Crippen molar-refractivity contribution in [3.05, 3.63) is 29.6 Å². The maximum absolute atomic E-state index is 7.01. The molecule has 3 nitrogen and oxygen atoms in total. The van der Waals surface area contributed by atoms with Gasteiger partial charge in [-0.1, -0.05) is 11.8 Å². The van der Waals surface area contributed by atoms with E-state index in [1.807, 2.05) is 19.1 Å². The Hall–Kier alpha value is -0.450. The molecule has 1 rings (SSSR count). The topological polar surface area (TPSA) is 62.8 Å². The van der Waals surface area contributed by atoms with Crippen LogP contribution in [0.3, 0.4) is 0 Å². The van der Waals surface area contributed by atoms with Crippen molar-refractivity contribution in [2.45, 2.75) is 12.7 Å². The first-order chi connectivity index (χ1) is 5.68. The summed E-state index contributed by atoms with van der Waals surface area (Å²) in [6.45, 7) is 2.02. The summed E-state index contributed by atoms with van der Waals surface area (Å²) in [4.78, 5) is 4.14. The van der Waals surface area contributed by atoms with Gasteiger partial charge >= 0.3 is 0 Å². The van der Waals surface area contributed by atoms with Crippen molar-refractivity contribution in [2.24, 2.45) is 5.73 Å². The molecule has 0 aromatic carbocycles. The Morgan fingerprint density at radius 1 is 1.57 bits per heavy atom. The molecule has 0 bridgehead atoms. The number of thioether (sulfide) groups is 1. The summed E-state index contributed by atoms with van der Waals surface area (Å²) >= 11 is 1.29. The van der Waals surface area contributed by atoms with E-state index in [0.29, 0.717) is 5.75 Å². The molecule has 0 aliphatic heterocycles. The molecule has 0 aliphatic carbocycles. The van der Waals surface area contributed by atoms with E-state index >= 15 is 0 Å². The number of rotatable bonds is 2. The van der Waals surface area contributed by atoms with Crippen LogP contribution in [0.25, 0.3) is 0 Å². The van der Waals surface area contributed by atoms with Gasteiger partial charge < -0.3 is 5.73 Å². The normalized spacial score (nSPS) is 8.36. The molecular formula is C8H13Cl2N3S. The number of halogens is 2. The number of amidine groups is 1. The van der Waals surface area contributed by atoms with Crippen molar-refractivity contribution >= 4 is 41.7 Å². The quantitative estimate of drug-likeness (QED) is 0.629. The van der Waals surface area contributed by atoms with Gasteiger partial charge in [-0.05, 0) is 24.6 Å². The van der Waals surface area contributed by atoms with Gasteiger partial charge in [0.05, 0.1) is 5.69 Å². The lowest BCUT2D eigenvalue weighted by Gasteiger charge is -1.99. The van der Waals surface area contributed by atoms with Gasteiger partial charge in [0.1, 0.15) is 0 Å². The Morgan fingerprint density at radius 3 is 2.71 bits per heavy atom. The van der Waals surface area contributed by atoms with Gasteiger partial charge in [0.25, 0.3) is 0 Å². The number of aryl methyl sites for hydroxylation is 1. The van der Waals surface area contributed by atoms with E-state index in [1.165, 1.54) is 17.3 Å². The average Bonchev–Trinajstić information content (AvgIpc) is 2.01. The second-order valence-electron chi connectivity index (χ2n) is 2.48. The maximum atomic E-state index is 7.01. The lowest BCUT2D eigenvalue weighted by atomic mass is 10.3. The van der Waals surface area contributed by atoms with Crippen molar-refractivity contribution in [1.82, 2.24) is 4.98 Å².